The van der Waals surface area contributed by atoms with Crippen LogP contribution in [0.4, 0.5) is 0 Å². The van der Waals surface area contributed by atoms with Crippen LogP contribution in [0.5, 0.6) is 0 Å². The number of hydrogen-bond donors (Lipinski definition) is 1. The quantitative estimate of drug-likeness (QED) is 0.306. The number of rotatable bonds is 7. The predicted molar refractivity (Wildman–Crippen MR) is 89.2 cm³/mol. The van der Waals surface area contributed by atoms with Gasteiger partial charge in [0.1, 0.15) is 0 Å². The van der Waals surface area contributed by atoms with Crippen molar-refractivity contribution >= 4 is 44.4 Å². The summed E-state index contributed by atoms with van der Waals surface area (Å²) in [4.78, 5) is 4.32. The first-order valence-corrected chi connectivity index (χ1v) is 7.92. The van der Waals surface area contributed by atoms with Crippen LogP contribution in [-0.2, 0) is 16.0 Å². The van der Waals surface area contributed by atoms with Crippen molar-refractivity contribution in [3.63, 3.8) is 0 Å². The second-order valence-electron chi connectivity index (χ2n) is 3.73. The third-order valence-electron chi connectivity index (χ3n) is 2.31. The van der Waals surface area contributed by atoms with Gasteiger partial charge in [0, 0.05) is 21.3 Å². The van der Waals surface area contributed by atoms with Crippen LogP contribution in [0.1, 0.15) is 19.4 Å². The summed E-state index contributed by atoms with van der Waals surface area (Å²) in [6.07, 6.45) is -0.553. The molecule has 2 N–H and O–H groups in total. The summed E-state index contributed by atoms with van der Waals surface area (Å²) in [5.41, 5.74) is 6.98. The Hall–Kier alpha value is -0.180. The van der Waals surface area contributed by atoms with E-state index in [1.165, 1.54) is 3.57 Å². The van der Waals surface area contributed by atoms with Gasteiger partial charge in [-0.1, -0.05) is 6.07 Å². The van der Waals surface area contributed by atoms with Gasteiger partial charge in [-0.2, -0.15) is 0 Å². The summed E-state index contributed by atoms with van der Waals surface area (Å²) in [6.45, 7) is 5.38. The van der Waals surface area contributed by atoms with Crippen LogP contribution in [0.3, 0.4) is 0 Å². The molecule has 0 saturated carbocycles. The van der Waals surface area contributed by atoms with Crippen LogP contribution in [0.15, 0.2) is 27.7 Å². The lowest BCUT2D eigenvalue weighted by molar-refractivity contribution is -0.0907. The molecule has 0 fully saturated rings. The van der Waals surface area contributed by atoms with Gasteiger partial charge in [0.15, 0.2) is 5.84 Å². The maximum absolute atomic E-state index is 5.89. The Morgan fingerprint density at radius 3 is 2.53 bits per heavy atom. The fourth-order valence-electron chi connectivity index (χ4n) is 1.42. The molecule has 0 spiro atoms. The SMILES string of the molecule is CCOC(OCC)C(N)=NCc1ccc(I)c(Br)c1. The largest absolute Gasteiger partial charge is 0.383 e. The summed E-state index contributed by atoms with van der Waals surface area (Å²) in [7, 11) is 0. The highest BCUT2D eigenvalue weighted by molar-refractivity contribution is 14.1. The van der Waals surface area contributed by atoms with Gasteiger partial charge in [-0.25, -0.2) is 0 Å². The Balaban J connectivity index is 2.69. The van der Waals surface area contributed by atoms with Crippen molar-refractivity contribution in [1.82, 2.24) is 0 Å². The fourth-order valence-corrected chi connectivity index (χ4v) is 2.18. The topological polar surface area (TPSA) is 56.8 Å². The average Bonchev–Trinajstić information content (AvgIpc) is 2.39. The molecule has 0 heterocycles. The Kier molecular flexibility index (Phi) is 7.89. The predicted octanol–water partition coefficient (Wildman–Crippen LogP) is 3.31. The van der Waals surface area contributed by atoms with Crippen LogP contribution in [-0.4, -0.2) is 25.3 Å². The Labute approximate surface area is 136 Å². The molecule has 6 heteroatoms. The zero-order valence-corrected chi connectivity index (χ0v) is 14.8. The van der Waals surface area contributed by atoms with E-state index in [0.717, 1.165) is 10.0 Å². The van der Waals surface area contributed by atoms with Gasteiger partial charge in [-0.15, -0.1) is 0 Å². The lowest BCUT2D eigenvalue weighted by Crippen LogP contribution is -2.34. The zero-order chi connectivity index (χ0) is 14.3. The molecule has 1 rings (SSSR count). The van der Waals surface area contributed by atoms with Crippen molar-refractivity contribution in [2.75, 3.05) is 13.2 Å². The molecule has 0 unspecified atom stereocenters. The highest BCUT2D eigenvalue weighted by Crippen LogP contribution is 2.20. The summed E-state index contributed by atoms with van der Waals surface area (Å²) in [6, 6.07) is 6.10. The van der Waals surface area contributed by atoms with Crippen LogP contribution >= 0.6 is 38.5 Å². The fraction of sp³-hybridized carbons (Fsp3) is 0.462. The molecule has 4 nitrogen and oxygen atoms in total. The molecule has 19 heavy (non-hydrogen) atoms. The van der Waals surface area contributed by atoms with E-state index < -0.39 is 6.29 Å². The summed E-state index contributed by atoms with van der Waals surface area (Å²) >= 11 is 5.76. The van der Waals surface area contributed by atoms with Crippen molar-refractivity contribution in [2.24, 2.45) is 10.7 Å². The second-order valence-corrected chi connectivity index (χ2v) is 5.75. The van der Waals surface area contributed by atoms with Gasteiger partial charge >= 0.3 is 0 Å². The highest BCUT2D eigenvalue weighted by atomic mass is 127. The Bertz CT molecular complexity index is 435. The zero-order valence-electron chi connectivity index (χ0n) is 11.0. The van der Waals surface area contributed by atoms with Crippen LogP contribution in [0, 0.1) is 3.57 Å². The molecule has 0 aromatic heterocycles. The van der Waals surface area contributed by atoms with Crippen molar-refractivity contribution in [1.29, 1.82) is 0 Å². The third-order valence-corrected chi connectivity index (χ3v) is 4.64. The van der Waals surface area contributed by atoms with Crippen molar-refractivity contribution in [3.8, 4) is 0 Å². The van der Waals surface area contributed by atoms with Gasteiger partial charge in [0.25, 0.3) is 0 Å². The summed E-state index contributed by atoms with van der Waals surface area (Å²) in [5, 5.41) is 0. The van der Waals surface area contributed by atoms with E-state index in [-0.39, 0.29) is 0 Å². The number of benzene rings is 1. The number of ether oxygens (including phenoxy) is 2. The van der Waals surface area contributed by atoms with Gasteiger partial charge in [-0.05, 0) is 70.1 Å². The molecule has 0 atom stereocenters. The van der Waals surface area contributed by atoms with Crippen LogP contribution in [0.25, 0.3) is 0 Å². The van der Waals surface area contributed by atoms with Crippen LogP contribution in [0.2, 0.25) is 0 Å². The normalized spacial score (nSPS) is 12.2. The number of nitrogens with zero attached hydrogens (tertiary/aromatic N) is 1. The Morgan fingerprint density at radius 1 is 1.37 bits per heavy atom. The number of aliphatic imine (C=N–C) groups is 1. The number of halogens is 2. The maximum atomic E-state index is 5.89. The molecule has 0 bridgehead atoms. The van der Waals surface area contributed by atoms with E-state index in [0.29, 0.717) is 25.6 Å². The summed E-state index contributed by atoms with van der Waals surface area (Å²) in [5.74, 6) is 0.373. The van der Waals surface area contributed by atoms with E-state index >= 15 is 0 Å². The second kappa shape index (κ2) is 8.89. The first kappa shape index (κ1) is 16.9. The Morgan fingerprint density at radius 2 is 2.00 bits per heavy atom. The monoisotopic (exact) mass is 440 g/mol. The van der Waals surface area contributed by atoms with Crippen molar-refractivity contribution in [2.45, 2.75) is 26.7 Å². The lowest BCUT2D eigenvalue weighted by atomic mass is 10.2. The van der Waals surface area contributed by atoms with Crippen LogP contribution < -0.4 is 5.73 Å². The smallest absolute Gasteiger partial charge is 0.216 e. The average molecular weight is 441 g/mol. The molecular formula is C13H18BrIN2O2. The molecule has 106 valence electrons. The standard InChI is InChI=1S/C13H18BrIN2O2/c1-3-18-13(19-4-2)12(16)17-8-9-5-6-11(15)10(14)7-9/h5-7,13H,3-4,8H2,1-2H3,(H2,16,17). The molecule has 0 saturated heterocycles. The molecule has 0 amide bonds. The van der Waals surface area contributed by atoms with Crippen molar-refractivity contribution < 1.29 is 9.47 Å². The number of hydrogen-bond acceptors (Lipinski definition) is 3. The van der Waals surface area contributed by atoms with Gasteiger partial charge in [-0.3, -0.25) is 4.99 Å². The lowest BCUT2D eigenvalue weighted by Gasteiger charge is -2.16. The first-order valence-electron chi connectivity index (χ1n) is 6.05. The number of nitrogens with two attached hydrogens (primary N) is 1. The molecule has 0 radical (unpaired) electrons. The maximum Gasteiger partial charge on any atom is 0.216 e. The minimum absolute atomic E-state index is 0.373. The van der Waals surface area contributed by atoms with Gasteiger partial charge < -0.3 is 15.2 Å². The molecule has 0 aliphatic rings. The number of amidine groups is 1. The molecule has 1 aromatic rings. The van der Waals surface area contributed by atoms with Gasteiger partial charge in [0.05, 0.1) is 6.54 Å². The summed E-state index contributed by atoms with van der Waals surface area (Å²) < 4.78 is 13.0. The van der Waals surface area contributed by atoms with E-state index in [4.69, 9.17) is 15.2 Å². The third kappa shape index (κ3) is 5.76. The highest BCUT2D eigenvalue weighted by Gasteiger charge is 2.12. The van der Waals surface area contributed by atoms with E-state index in [9.17, 15) is 0 Å². The molecule has 1 aromatic carbocycles. The van der Waals surface area contributed by atoms with E-state index in [1.807, 2.05) is 32.0 Å². The first-order chi connectivity index (χ1) is 9.08. The van der Waals surface area contributed by atoms with Gasteiger partial charge in [0.2, 0.25) is 6.29 Å². The molecule has 0 aliphatic carbocycles. The van der Waals surface area contributed by atoms with Crippen molar-refractivity contribution in [3.05, 3.63) is 31.8 Å². The minimum atomic E-state index is -0.553. The van der Waals surface area contributed by atoms with E-state index in [2.05, 4.69) is 43.5 Å². The van der Waals surface area contributed by atoms with E-state index in [1.54, 1.807) is 0 Å². The minimum Gasteiger partial charge on any atom is -0.383 e. The molecule has 0 aliphatic heterocycles. The molecular weight excluding hydrogens is 423 g/mol.